The summed E-state index contributed by atoms with van der Waals surface area (Å²) in [5.41, 5.74) is 5.36. The van der Waals surface area contributed by atoms with Crippen LogP contribution in [0.5, 0.6) is 0 Å². The van der Waals surface area contributed by atoms with Gasteiger partial charge in [0.05, 0.1) is 11.3 Å². The lowest BCUT2D eigenvalue weighted by Crippen LogP contribution is -2.30. The molecule has 0 aromatic rings. The summed E-state index contributed by atoms with van der Waals surface area (Å²) in [4.78, 5) is 10.00. The highest BCUT2D eigenvalue weighted by molar-refractivity contribution is 4.76. The van der Waals surface area contributed by atoms with Crippen LogP contribution in [0.15, 0.2) is 5.29 Å². The van der Waals surface area contributed by atoms with Crippen molar-refractivity contribution >= 4 is 0 Å². The molecule has 0 spiro atoms. The van der Waals surface area contributed by atoms with Gasteiger partial charge in [0.2, 0.25) is 0 Å². The van der Waals surface area contributed by atoms with Crippen molar-refractivity contribution in [3.8, 4) is 0 Å². The second kappa shape index (κ2) is 2.77. The predicted octanol–water partition coefficient (Wildman–Crippen LogP) is 0.0909. The minimum Gasteiger partial charge on any atom is -0.328 e. The quantitative estimate of drug-likeness (QED) is 0.537. The van der Waals surface area contributed by atoms with Gasteiger partial charge in [-0.15, -0.1) is 4.91 Å². The molecule has 0 aliphatic carbocycles. The lowest BCUT2D eigenvalue weighted by molar-refractivity contribution is 0.268. The summed E-state index contributed by atoms with van der Waals surface area (Å²) in [7, 11) is 0. The van der Waals surface area contributed by atoms with Crippen LogP contribution >= 0.6 is 0 Å². The molecule has 0 saturated carbocycles. The second-order valence-electron chi connectivity index (χ2n) is 2.28. The van der Waals surface area contributed by atoms with Gasteiger partial charge in [-0.3, -0.25) is 5.01 Å². The van der Waals surface area contributed by atoms with Crippen molar-refractivity contribution in [2.24, 2.45) is 11.0 Å². The molecule has 1 aliphatic heterocycles. The minimum absolute atomic E-state index is 0.211. The van der Waals surface area contributed by atoms with Crippen LogP contribution in [-0.4, -0.2) is 24.1 Å². The molecule has 1 atom stereocenters. The van der Waals surface area contributed by atoms with Crippen LogP contribution in [0.1, 0.15) is 12.8 Å². The van der Waals surface area contributed by atoms with Gasteiger partial charge < -0.3 is 5.73 Å². The van der Waals surface area contributed by atoms with Crippen molar-refractivity contribution in [3.05, 3.63) is 4.91 Å². The molecular formula is C5H11N3O. The van der Waals surface area contributed by atoms with E-state index in [4.69, 9.17) is 5.73 Å². The lowest BCUT2D eigenvalue weighted by atomic mass is 10.2. The molecule has 0 aromatic carbocycles. The first-order chi connectivity index (χ1) is 4.38. The van der Waals surface area contributed by atoms with Crippen LogP contribution in [0.4, 0.5) is 0 Å². The lowest BCUT2D eigenvalue weighted by Gasteiger charge is -2.14. The molecule has 1 rings (SSSR count). The van der Waals surface area contributed by atoms with Crippen molar-refractivity contribution < 1.29 is 0 Å². The largest absolute Gasteiger partial charge is 0.328 e. The van der Waals surface area contributed by atoms with E-state index in [1.807, 2.05) is 0 Å². The van der Waals surface area contributed by atoms with Crippen LogP contribution in [0, 0.1) is 4.91 Å². The van der Waals surface area contributed by atoms with Gasteiger partial charge >= 0.3 is 0 Å². The van der Waals surface area contributed by atoms with Gasteiger partial charge in [-0.25, -0.2) is 0 Å². The van der Waals surface area contributed by atoms with Crippen molar-refractivity contribution in [2.75, 3.05) is 13.1 Å². The van der Waals surface area contributed by atoms with E-state index in [9.17, 15) is 4.91 Å². The molecule has 52 valence electrons. The summed E-state index contributed by atoms with van der Waals surface area (Å²) in [6, 6.07) is 0.211. The van der Waals surface area contributed by atoms with Crippen molar-refractivity contribution in [1.29, 1.82) is 0 Å². The number of nitroso groups, excluding NO2 is 1. The Kier molecular flexibility index (Phi) is 2.00. The van der Waals surface area contributed by atoms with Gasteiger partial charge in [-0.2, -0.15) is 0 Å². The van der Waals surface area contributed by atoms with Crippen LogP contribution in [0.25, 0.3) is 0 Å². The topological polar surface area (TPSA) is 58.7 Å². The van der Waals surface area contributed by atoms with Crippen molar-refractivity contribution in [2.45, 2.75) is 18.9 Å². The molecule has 0 aromatic heterocycles. The SMILES string of the molecule is NCC1CCCN1N=O. The third-order valence-corrected chi connectivity index (χ3v) is 1.72. The standard InChI is InChI=1S/C5H11N3O/c6-4-5-2-1-3-8(5)7-9/h5H,1-4,6H2. The van der Waals surface area contributed by atoms with Gasteiger partial charge in [0.15, 0.2) is 0 Å². The molecule has 0 amide bonds. The van der Waals surface area contributed by atoms with E-state index in [-0.39, 0.29) is 6.04 Å². The van der Waals surface area contributed by atoms with Crippen LogP contribution < -0.4 is 5.73 Å². The molecule has 0 bridgehead atoms. The Morgan fingerprint density at radius 1 is 1.78 bits per heavy atom. The zero-order valence-corrected chi connectivity index (χ0v) is 5.29. The maximum Gasteiger partial charge on any atom is 0.0625 e. The van der Waals surface area contributed by atoms with E-state index in [0.717, 1.165) is 19.4 Å². The molecule has 1 unspecified atom stereocenters. The molecule has 0 radical (unpaired) electrons. The molecule has 1 fully saturated rings. The van der Waals surface area contributed by atoms with E-state index in [0.29, 0.717) is 6.54 Å². The summed E-state index contributed by atoms with van der Waals surface area (Å²) in [5.74, 6) is 0. The third kappa shape index (κ3) is 1.18. The fourth-order valence-electron chi connectivity index (χ4n) is 1.17. The van der Waals surface area contributed by atoms with E-state index in [1.54, 1.807) is 0 Å². The highest BCUT2D eigenvalue weighted by atomic mass is 16.3. The molecule has 9 heavy (non-hydrogen) atoms. The fourth-order valence-corrected chi connectivity index (χ4v) is 1.17. The number of hydrogen-bond acceptors (Lipinski definition) is 3. The molecular weight excluding hydrogens is 118 g/mol. The Labute approximate surface area is 54.0 Å². The van der Waals surface area contributed by atoms with Gasteiger partial charge in [0.1, 0.15) is 0 Å². The van der Waals surface area contributed by atoms with Crippen molar-refractivity contribution in [1.82, 2.24) is 5.01 Å². The monoisotopic (exact) mass is 129 g/mol. The van der Waals surface area contributed by atoms with Crippen LogP contribution in [0.3, 0.4) is 0 Å². The summed E-state index contributed by atoms with van der Waals surface area (Å²) < 4.78 is 0. The fraction of sp³-hybridized carbons (Fsp3) is 1.00. The zero-order valence-electron chi connectivity index (χ0n) is 5.29. The predicted molar refractivity (Wildman–Crippen MR) is 34.6 cm³/mol. The van der Waals surface area contributed by atoms with E-state index >= 15 is 0 Å². The minimum atomic E-state index is 0.211. The Morgan fingerprint density at radius 2 is 2.56 bits per heavy atom. The van der Waals surface area contributed by atoms with Gasteiger partial charge in [0.25, 0.3) is 0 Å². The third-order valence-electron chi connectivity index (χ3n) is 1.72. The van der Waals surface area contributed by atoms with E-state index < -0.39 is 0 Å². The maximum absolute atomic E-state index is 10.00. The van der Waals surface area contributed by atoms with Gasteiger partial charge in [-0.05, 0) is 12.8 Å². The Morgan fingerprint density at radius 3 is 3.00 bits per heavy atom. The smallest absolute Gasteiger partial charge is 0.0625 e. The highest BCUT2D eigenvalue weighted by Crippen LogP contribution is 2.15. The first kappa shape index (κ1) is 6.48. The Bertz CT molecular complexity index is 106. The Hall–Kier alpha value is -0.640. The molecule has 1 heterocycles. The second-order valence-corrected chi connectivity index (χ2v) is 2.28. The highest BCUT2D eigenvalue weighted by Gasteiger charge is 2.22. The normalized spacial score (nSPS) is 26.8. The number of nitrogens with two attached hydrogens (primary N) is 1. The van der Waals surface area contributed by atoms with Crippen LogP contribution in [-0.2, 0) is 0 Å². The zero-order chi connectivity index (χ0) is 6.69. The average molecular weight is 129 g/mol. The number of hydrogen-bond donors (Lipinski definition) is 1. The number of rotatable bonds is 2. The first-order valence-electron chi connectivity index (χ1n) is 3.18. The first-order valence-corrected chi connectivity index (χ1v) is 3.18. The molecule has 4 heteroatoms. The molecule has 2 N–H and O–H groups in total. The summed E-state index contributed by atoms with van der Waals surface area (Å²) >= 11 is 0. The van der Waals surface area contributed by atoms with E-state index in [1.165, 1.54) is 5.01 Å². The van der Waals surface area contributed by atoms with Gasteiger partial charge in [0, 0.05) is 13.1 Å². The number of nitrogens with zero attached hydrogens (tertiary/aromatic N) is 2. The molecule has 1 aliphatic rings. The Balaban J connectivity index is 2.41. The summed E-state index contributed by atoms with van der Waals surface area (Å²) in [5, 5.41) is 4.37. The van der Waals surface area contributed by atoms with Crippen molar-refractivity contribution in [3.63, 3.8) is 0 Å². The van der Waals surface area contributed by atoms with E-state index in [2.05, 4.69) is 5.29 Å². The maximum atomic E-state index is 10.00. The summed E-state index contributed by atoms with van der Waals surface area (Å²) in [6.07, 6.45) is 2.07. The summed E-state index contributed by atoms with van der Waals surface area (Å²) in [6.45, 7) is 1.33. The molecule has 1 saturated heterocycles. The average Bonchev–Trinajstić information content (AvgIpc) is 2.33. The van der Waals surface area contributed by atoms with Crippen LogP contribution in [0.2, 0.25) is 0 Å². The van der Waals surface area contributed by atoms with Gasteiger partial charge in [-0.1, -0.05) is 0 Å². The molecule has 4 nitrogen and oxygen atoms in total.